The number of carboxylic acids is 2. The number of hydrazine groups is 1. The van der Waals surface area contributed by atoms with Gasteiger partial charge in [-0.15, -0.1) is 4.84 Å². The number of ether oxygens (including phenoxy) is 4. The molecule has 4 atom stereocenters. The van der Waals surface area contributed by atoms with Gasteiger partial charge in [0, 0.05) is 37.5 Å². The number of rotatable bonds is 26. The quantitative estimate of drug-likeness (QED) is 0.114. The van der Waals surface area contributed by atoms with Crippen LogP contribution in [0, 0.1) is 28.1 Å². The molecule has 1 aliphatic rings. The minimum absolute atomic E-state index is 0. The van der Waals surface area contributed by atoms with E-state index in [0.717, 1.165) is 30.4 Å². The van der Waals surface area contributed by atoms with Gasteiger partial charge in [-0.25, -0.2) is 9.80 Å². The van der Waals surface area contributed by atoms with Crippen molar-refractivity contribution in [2.75, 3.05) is 54.6 Å². The zero-order valence-corrected chi connectivity index (χ0v) is 35.5. The maximum absolute atomic E-state index is 13.1. The first-order valence-corrected chi connectivity index (χ1v) is 19.7. The number of carbonyl (C=O) groups is 4. The van der Waals surface area contributed by atoms with Crippen LogP contribution in [0.4, 0.5) is 0 Å². The van der Waals surface area contributed by atoms with E-state index < -0.39 is 53.4 Å². The van der Waals surface area contributed by atoms with Crippen molar-refractivity contribution < 1.29 is 73.7 Å². The molecular weight excluding hydrogens is 802 g/mol. The number of nitrogens with one attached hydrogen (secondary N) is 1. The lowest BCUT2D eigenvalue weighted by atomic mass is 9.92. The van der Waals surface area contributed by atoms with Crippen LogP contribution in [0.25, 0.3) is 0 Å². The number of carbonyl (C=O) groups excluding carboxylic acids is 3. The van der Waals surface area contributed by atoms with E-state index in [4.69, 9.17) is 28.9 Å². The first kappa shape index (κ1) is 51.4. The summed E-state index contributed by atoms with van der Waals surface area (Å²) in [7, 11) is 6.76. The van der Waals surface area contributed by atoms with Gasteiger partial charge in [-0.2, -0.15) is 10.1 Å². The Hall–Kier alpha value is -5.75. The molecule has 0 saturated carbocycles. The highest BCUT2D eigenvalue weighted by molar-refractivity contribution is 5.87. The molecule has 0 bridgehead atoms. The third kappa shape index (κ3) is 16.0. The van der Waals surface area contributed by atoms with Gasteiger partial charge in [-0.3, -0.25) is 19.9 Å². The molecule has 0 aromatic heterocycles. The smallest absolute Gasteiger partial charge is 0.486 e. The van der Waals surface area contributed by atoms with Crippen molar-refractivity contribution in [1.82, 2.24) is 15.3 Å². The first-order valence-electron chi connectivity index (χ1n) is 19.7. The first-order chi connectivity index (χ1) is 28.5. The second-order valence-electron chi connectivity index (χ2n) is 14.7. The Morgan fingerprint density at radius 1 is 1.00 bits per heavy atom. The molecule has 2 aromatic rings. The lowest BCUT2D eigenvalue weighted by Gasteiger charge is -2.32. The average molecular weight is 862 g/mol. The molecule has 2 aromatic carbocycles. The van der Waals surface area contributed by atoms with E-state index in [9.17, 15) is 39.6 Å². The van der Waals surface area contributed by atoms with E-state index in [2.05, 4.69) is 28.2 Å². The van der Waals surface area contributed by atoms with E-state index >= 15 is 0 Å². The number of hydrogen-bond donors (Lipinski definition) is 3. The lowest BCUT2D eigenvalue weighted by molar-refractivity contribution is -0.970. The monoisotopic (exact) mass is 861 g/mol. The zero-order chi connectivity index (χ0) is 44.4. The van der Waals surface area contributed by atoms with Crippen molar-refractivity contribution >= 4 is 23.8 Å². The third-order valence-electron chi connectivity index (χ3n) is 10.4. The number of nitriles is 1. The number of benzene rings is 2. The summed E-state index contributed by atoms with van der Waals surface area (Å²) < 4.78 is 22.5. The Morgan fingerprint density at radius 2 is 1.64 bits per heavy atom. The van der Waals surface area contributed by atoms with Crippen molar-refractivity contribution in [3.05, 3.63) is 52.4 Å². The predicted octanol–water partition coefficient (Wildman–Crippen LogP) is 1.85. The fourth-order valence-electron chi connectivity index (χ4n) is 7.02. The maximum atomic E-state index is 13.1. The minimum Gasteiger partial charge on any atom is -0.547 e. The number of aliphatic carboxylic acids is 2. The number of methoxy groups -OCH3 is 3. The summed E-state index contributed by atoms with van der Waals surface area (Å²) in [5.41, 5.74) is 1.76. The van der Waals surface area contributed by atoms with E-state index in [1.54, 1.807) is 32.2 Å². The van der Waals surface area contributed by atoms with Crippen LogP contribution >= 0.6 is 0 Å². The molecule has 0 radical (unpaired) electrons. The molecule has 1 amide bonds. The molecule has 1 fully saturated rings. The summed E-state index contributed by atoms with van der Waals surface area (Å²) in [6.45, 7) is 4.78. The van der Waals surface area contributed by atoms with Crippen LogP contribution < -0.4 is 29.5 Å². The van der Waals surface area contributed by atoms with Crippen LogP contribution in [0.3, 0.4) is 0 Å². The van der Waals surface area contributed by atoms with Gasteiger partial charge in [0.2, 0.25) is 0 Å². The maximum Gasteiger partial charge on any atom is 0.486 e. The number of hydrogen-bond acceptors (Lipinski definition) is 16. The van der Waals surface area contributed by atoms with Crippen LogP contribution in [0.2, 0.25) is 0 Å². The van der Waals surface area contributed by atoms with Crippen molar-refractivity contribution in [3.8, 4) is 29.1 Å². The van der Waals surface area contributed by atoms with Gasteiger partial charge in [0.1, 0.15) is 10.5 Å². The number of piperidine rings is 1. The summed E-state index contributed by atoms with van der Waals surface area (Å²) in [5.74, 6) is -4.04. The highest BCUT2D eigenvalue weighted by Gasteiger charge is 2.39. The number of aliphatic hydroxyl groups is 1. The van der Waals surface area contributed by atoms with E-state index in [1.165, 1.54) is 7.11 Å². The molecule has 0 aliphatic carbocycles. The Morgan fingerprint density at radius 3 is 2.23 bits per heavy atom. The van der Waals surface area contributed by atoms with Gasteiger partial charge in [-0.1, -0.05) is 25.5 Å². The minimum atomic E-state index is -3.08. The fraction of sp³-hybridized carbons (Fsp3) is 0.585. The molecule has 0 spiro atoms. The number of amides is 1. The molecule has 1 saturated heterocycles. The lowest BCUT2D eigenvalue weighted by Crippen LogP contribution is -2.51. The van der Waals surface area contributed by atoms with Gasteiger partial charge in [-0.05, 0) is 87.9 Å². The summed E-state index contributed by atoms with van der Waals surface area (Å²) in [4.78, 5) is 70.9. The Labute approximate surface area is 355 Å². The highest BCUT2D eigenvalue weighted by Crippen LogP contribution is 2.35. The highest BCUT2D eigenvalue weighted by atomic mass is 17.0. The van der Waals surface area contributed by atoms with Crippen LogP contribution in [-0.4, -0.2) is 121 Å². The standard InChI is InChI=1S/C41H57N5O14.H2O/c1-7-8-29(25-42)9-12-32(44(3)18-15-28-10-13-33(55-4)35(21-28)57-6)31-11-14-34(56-5)36(22-31)58-26-37(47)43-45-19-16-30(17-20-45)27(2)59-46(54)60-39(50)24-41(53,40(51)52)23-38(48)49;/h10-11,13-14,21-22,27,29-30,32,53H,7-9,12,15-20,23-24,26H2,1-6H3,(H2-,43,47,48,49,51,52);1H2. The van der Waals surface area contributed by atoms with Gasteiger partial charge in [0.05, 0.1) is 46.2 Å². The Kier molecular flexibility index (Phi) is 21.2. The molecule has 4 unspecified atom stereocenters. The summed E-state index contributed by atoms with van der Waals surface area (Å²) in [6.07, 6.45) is 1.33. The van der Waals surface area contributed by atoms with Gasteiger partial charge in [0.15, 0.2) is 35.7 Å². The van der Waals surface area contributed by atoms with Crippen LogP contribution in [0.5, 0.6) is 23.0 Å². The molecule has 338 valence electrons. The van der Waals surface area contributed by atoms with Crippen LogP contribution in [-0.2, 0) is 35.3 Å². The normalized spacial score (nSPS) is 15.4. The molecule has 3 rings (SSSR count). The Bertz CT molecular complexity index is 1820. The molecule has 20 heteroatoms. The fourth-order valence-corrected chi connectivity index (χ4v) is 7.02. The second-order valence-corrected chi connectivity index (χ2v) is 14.7. The van der Waals surface area contributed by atoms with Crippen molar-refractivity contribution in [1.29, 1.82) is 5.26 Å². The van der Waals surface area contributed by atoms with E-state index in [1.807, 2.05) is 37.4 Å². The van der Waals surface area contributed by atoms with Crippen LogP contribution in [0.15, 0.2) is 36.4 Å². The zero-order valence-electron chi connectivity index (χ0n) is 35.5. The van der Waals surface area contributed by atoms with Gasteiger partial charge < -0.3 is 44.5 Å². The van der Waals surface area contributed by atoms with E-state index in [-0.39, 0.29) is 30.0 Å². The number of likely N-dealkylation sites (N-methyl/N-ethyl adjacent to an activating group) is 1. The van der Waals surface area contributed by atoms with Crippen LogP contribution in [0.1, 0.15) is 82.4 Å². The Balaban J connectivity index is 0.0000128. The SMILES string of the molecule is CCCC(C#N)CCC(c1ccc(OC)c(OCC(=O)NN2CCC(C(C)O[N+](=O)OC(=O)CC(O)(CC(=O)O)C(=O)[O-])CC2)c1)N(C)CCc1ccc(OC)c(OC)c1.O. The predicted molar refractivity (Wildman–Crippen MR) is 214 cm³/mol. The number of carboxylic acid groups (broad SMARTS) is 2. The number of nitrogens with zero attached hydrogens (tertiary/aromatic N) is 4. The molecule has 1 heterocycles. The van der Waals surface area contributed by atoms with Gasteiger partial charge in [0.25, 0.3) is 5.91 Å². The molecule has 5 N–H and O–H groups in total. The van der Waals surface area contributed by atoms with Crippen molar-refractivity contribution in [3.63, 3.8) is 0 Å². The molecule has 1 aliphatic heterocycles. The summed E-state index contributed by atoms with van der Waals surface area (Å²) >= 11 is 0. The largest absolute Gasteiger partial charge is 0.547 e. The molecule has 20 nitrogen and oxygen atoms in total. The molecule has 61 heavy (non-hydrogen) atoms. The summed E-state index contributed by atoms with van der Waals surface area (Å²) in [6, 6.07) is 13.9. The topological polar surface area (TPSA) is 281 Å². The second kappa shape index (κ2) is 25.1. The summed E-state index contributed by atoms with van der Waals surface area (Å²) in [5, 5.41) is 40.9. The van der Waals surface area contributed by atoms with Crippen molar-refractivity contribution in [2.24, 2.45) is 11.8 Å². The third-order valence-corrected chi connectivity index (χ3v) is 10.4. The van der Waals surface area contributed by atoms with Crippen molar-refractivity contribution in [2.45, 2.75) is 89.4 Å². The average Bonchev–Trinajstić information content (AvgIpc) is 3.21. The van der Waals surface area contributed by atoms with E-state index in [0.29, 0.717) is 68.3 Å². The van der Waals surface area contributed by atoms with Gasteiger partial charge >= 0.3 is 17.0 Å². The molecular formula is C41H59N5O15.